The van der Waals surface area contributed by atoms with Crippen molar-refractivity contribution in [2.24, 2.45) is 0 Å². The number of carbonyl (C=O) groups is 2. The van der Waals surface area contributed by atoms with Gasteiger partial charge < -0.3 is 10.2 Å². The first-order valence-electron chi connectivity index (χ1n) is 8.12. The smallest absolute Gasteiger partial charge is 0.255 e. The zero-order valence-electron chi connectivity index (χ0n) is 13.9. The van der Waals surface area contributed by atoms with Gasteiger partial charge in [0.05, 0.1) is 17.7 Å². The van der Waals surface area contributed by atoms with Gasteiger partial charge in [-0.2, -0.15) is 0 Å². The first kappa shape index (κ1) is 17.4. The van der Waals surface area contributed by atoms with Gasteiger partial charge in [0.25, 0.3) is 5.91 Å². The number of carbonyl (C=O) groups excluding carboxylic acids is 2. The molecule has 0 saturated carbocycles. The molecule has 2 aromatic rings. The van der Waals surface area contributed by atoms with E-state index in [0.717, 1.165) is 5.56 Å². The molecule has 130 valence electrons. The number of rotatable bonds is 4. The first-order valence-corrected chi connectivity index (χ1v) is 9.61. The van der Waals surface area contributed by atoms with Crippen LogP contribution in [-0.4, -0.2) is 38.6 Å². The molecule has 1 aliphatic rings. The van der Waals surface area contributed by atoms with Crippen LogP contribution in [0.5, 0.6) is 0 Å². The molecule has 2 aromatic carbocycles. The topological polar surface area (TPSA) is 66.5 Å². The fraction of sp³-hybridized carbons (Fsp3) is 0.263. The van der Waals surface area contributed by atoms with Crippen LogP contribution in [0, 0.1) is 0 Å². The Morgan fingerprint density at radius 1 is 1.08 bits per heavy atom. The third-order valence-electron chi connectivity index (χ3n) is 4.25. The molecule has 25 heavy (non-hydrogen) atoms. The second kappa shape index (κ2) is 7.61. The van der Waals surface area contributed by atoms with E-state index in [-0.39, 0.29) is 29.5 Å². The summed E-state index contributed by atoms with van der Waals surface area (Å²) in [6, 6.07) is 17.5. The summed E-state index contributed by atoms with van der Waals surface area (Å²) in [6.07, 6.45) is 0. The van der Waals surface area contributed by atoms with Crippen LogP contribution < -0.4 is 5.32 Å². The largest absolute Gasteiger partial charge is 0.348 e. The molecule has 3 atom stereocenters. The van der Waals surface area contributed by atoms with Crippen LogP contribution in [0.25, 0.3) is 0 Å². The number of hydrogen-bond donors (Lipinski definition) is 1. The van der Waals surface area contributed by atoms with Crippen LogP contribution in [0.3, 0.4) is 0 Å². The summed E-state index contributed by atoms with van der Waals surface area (Å²) in [4.78, 5) is 26.8. The quantitative estimate of drug-likeness (QED) is 0.912. The van der Waals surface area contributed by atoms with Gasteiger partial charge in [-0.25, -0.2) is 0 Å². The second-order valence-corrected chi connectivity index (χ2v) is 7.50. The van der Waals surface area contributed by atoms with Crippen molar-refractivity contribution in [3.8, 4) is 0 Å². The molecule has 1 heterocycles. The molecule has 0 aromatic heterocycles. The van der Waals surface area contributed by atoms with Gasteiger partial charge in [-0.15, -0.1) is 0 Å². The fourth-order valence-corrected chi connectivity index (χ4v) is 4.26. The molecular weight excluding hydrogens is 336 g/mol. The van der Waals surface area contributed by atoms with Crippen molar-refractivity contribution in [2.75, 3.05) is 11.6 Å². The van der Waals surface area contributed by atoms with Crippen molar-refractivity contribution in [1.82, 2.24) is 10.2 Å². The van der Waals surface area contributed by atoms with Crippen LogP contribution in [-0.2, 0) is 15.6 Å². The van der Waals surface area contributed by atoms with Crippen molar-refractivity contribution in [3.63, 3.8) is 0 Å². The SMILES string of the molecule is CC(NC(=O)[C@@H]1C[S@@](=O)CN1C(=O)c1ccccc1)c1ccccc1. The van der Waals surface area contributed by atoms with E-state index in [0.29, 0.717) is 5.56 Å². The van der Waals surface area contributed by atoms with Crippen LogP contribution in [0.15, 0.2) is 60.7 Å². The Labute approximate surface area is 149 Å². The number of hydrogen-bond acceptors (Lipinski definition) is 3. The number of amides is 2. The first-order chi connectivity index (χ1) is 12.1. The van der Waals surface area contributed by atoms with Crippen molar-refractivity contribution in [3.05, 3.63) is 71.8 Å². The van der Waals surface area contributed by atoms with Gasteiger partial charge in [-0.1, -0.05) is 48.5 Å². The van der Waals surface area contributed by atoms with Crippen LogP contribution in [0.2, 0.25) is 0 Å². The summed E-state index contributed by atoms with van der Waals surface area (Å²) in [5, 5.41) is 2.93. The van der Waals surface area contributed by atoms with Gasteiger partial charge in [-0.05, 0) is 24.6 Å². The summed E-state index contributed by atoms with van der Waals surface area (Å²) < 4.78 is 12.0. The van der Waals surface area contributed by atoms with E-state index < -0.39 is 16.8 Å². The zero-order valence-corrected chi connectivity index (χ0v) is 14.7. The van der Waals surface area contributed by atoms with Crippen molar-refractivity contribution in [1.29, 1.82) is 0 Å². The Bertz CT molecular complexity index is 780. The Kier molecular flexibility index (Phi) is 5.28. The van der Waals surface area contributed by atoms with Gasteiger partial charge in [0.2, 0.25) is 5.91 Å². The molecule has 1 aliphatic heterocycles. The summed E-state index contributed by atoms with van der Waals surface area (Å²) in [6.45, 7) is 1.89. The lowest BCUT2D eigenvalue weighted by atomic mass is 10.1. The molecule has 0 radical (unpaired) electrons. The van der Waals surface area contributed by atoms with Crippen molar-refractivity contribution < 1.29 is 13.8 Å². The Morgan fingerprint density at radius 2 is 1.68 bits per heavy atom. The van der Waals surface area contributed by atoms with Gasteiger partial charge >= 0.3 is 0 Å². The van der Waals surface area contributed by atoms with Crippen molar-refractivity contribution in [2.45, 2.75) is 19.0 Å². The lowest BCUT2D eigenvalue weighted by Crippen LogP contribution is -2.47. The molecule has 0 bridgehead atoms. The van der Waals surface area contributed by atoms with E-state index in [2.05, 4.69) is 5.32 Å². The summed E-state index contributed by atoms with van der Waals surface area (Å²) >= 11 is 0. The highest BCUT2D eigenvalue weighted by atomic mass is 32.2. The Balaban J connectivity index is 1.74. The standard InChI is InChI=1S/C19H20N2O3S/c1-14(15-8-4-2-5-9-15)20-18(22)17-12-25(24)13-21(17)19(23)16-10-6-3-7-11-16/h2-11,14,17H,12-13H2,1H3,(H,20,22)/t14?,17-,25+/m0/s1. The maximum atomic E-state index is 12.7. The lowest BCUT2D eigenvalue weighted by molar-refractivity contribution is -0.125. The molecule has 1 N–H and O–H groups in total. The van der Waals surface area contributed by atoms with E-state index in [9.17, 15) is 13.8 Å². The monoisotopic (exact) mass is 356 g/mol. The molecule has 3 rings (SSSR count). The molecule has 1 unspecified atom stereocenters. The number of nitrogens with one attached hydrogen (secondary N) is 1. The predicted octanol–water partition coefficient (Wildman–Crippen LogP) is 2.09. The second-order valence-electron chi connectivity index (χ2n) is 6.03. The minimum Gasteiger partial charge on any atom is -0.348 e. The van der Waals surface area contributed by atoms with E-state index in [1.54, 1.807) is 24.3 Å². The number of benzene rings is 2. The molecule has 0 aliphatic carbocycles. The normalized spacial score (nSPS) is 20.9. The molecule has 0 spiro atoms. The molecule has 1 fully saturated rings. The highest BCUT2D eigenvalue weighted by molar-refractivity contribution is 7.85. The van der Waals surface area contributed by atoms with Gasteiger partial charge in [0, 0.05) is 16.4 Å². The Hall–Kier alpha value is -2.47. The molecule has 6 heteroatoms. The Morgan fingerprint density at radius 3 is 2.32 bits per heavy atom. The lowest BCUT2D eigenvalue weighted by Gasteiger charge is -2.24. The van der Waals surface area contributed by atoms with E-state index >= 15 is 0 Å². The van der Waals surface area contributed by atoms with E-state index in [4.69, 9.17) is 0 Å². The third kappa shape index (κ3) is 3.96. The number of nitrogens with zero attached hydrogens (tertiary/aromatic N) is 1. The van der Waals surface area contributed by atoms with E-state index in [1.807, 2.05) is 43.3 Å². The summed E-state index contributed by atoms with van der Waals surface area (Å²) in [7, 11) is -1.21. The average molecular weight is 356 g/mol. The predicted molar refractivity (Wildman–Crippen MR) is 97.3 cm³/mol. The third-order valence-corrected chi connectivity index (χ3v) is 5.50. The van der Waals surface area contributed by atoms with Gasteiger partial charge in [0.1, 0.15) is 6.04 Å². The van der Waals surface area contributed by atoms with Crippen LogP contribution in [0.4, 0.5) is 0 Å². The van der Waals surface area contributed by atoms with Gasteiger partial charge in [0.15, 0.2) is 0 Å². The summed E-state index contributed by atoms with van der Waals surface area (Å²) in [5.41, 5.74) is 1.48. The van der Waals surface area contributed by atoms with Crippen molar-refractivity contribution >= 4 is 22.6 Å². The maximum absolute atomic E-state index is 12.7. The van der Waals surface area contributed by atoms with Gasteiger partial charge in [-0.3, -0.25) is 13.8 Å². The maximum Gasteiger partial charge on any atom is 0.255 e. The molecule has 5 nitrogen and oxygen atoms in total. The summed E-state index contributed by atoms with van der Waals surface area (Å²) in [5.74, 6) is -0.275. The molecule has 2 amide bonds. The average Bonchev–Trinajstić information content (AvgIpc) is 3.04. The minimum absolute atomic E-state index is 0.0888. The highest BCUT2D eigenvalue weighted by Crippen LogP contribution is 2.19. The van der Waals surface area contributed by atoms with E-state index in [1.165, 1.54) is 4.90 Å². The zero-order chi connectivity index (χ0) is 17.8. The fourth-order valence-electron chi connectivity index (χ4n) is 2.86. The minimum atomic E-state index is -1.21. The molecule has 1 saturated heterocycles. The van der Waals surface area contributed by atoms with Crippen LogP contribution >= 0.6 is 0 Å². The van der Waals surface area contributed by atoms with Crippen LogP contribution in [0.1, 0.15) is 28.9 Å². The highest BCUT2D eigenvalue weighted by Gasteiger charge is 2.38. The molecular formula is C19H20N2O3S.